The largest absolute Gasteiger partial charge is 0.336 e. The number of hydrogen-bond donors (Lipinski definition) is 0. The lowest BCUT2D eigenvalue weighted by molar-refractivity contribution is -0.144. The molecule has 5 aromatic rings. The Hall–Kier alpha value is -5.08. The molecule has 0 saturated heterocycles. The number of fused-ring (bicyclic) bond motifs is 1. The van der Waals surface area contributed by atoms with Gasteiger partial charge >= 0.3 is 0 Å². The number of carbonyl (C=O) groups excluding carboxylic acids is 2. The van der Waals surface area contributed by atoms with Crippen LogP contribution in [0.4, 0.5) is 0 Å². The number of benzene rings is 3. The number of halogens is 1. The topological polar surface area (TPSA) is 84.2 Å². The van der Waals surface area contributed by atoms with Gasteiger partial charge in [0.1, 0.15) is 23.8 Å². The zero-order valence-corrected chi connectivity index (χ0v) is 24.8. The predicted molar refractivity (Wildman–Crippen MR) is 170 cm³/mol. The van der Waals surface area contributed by atoms with E-state index < -0.39 is 6.04 Å². The quantitative estimate of drug-likeness (QED) is 0.163. The number of amides is 2. The molecular weight excluding hydrogens is 572 g/mol. The fourth-order valence-corrected chi connectivity index (χ4v) is 5.56. The molecule has 0 aliphatic carbocycles. The third-order valence-corrected chi connectivity index (χ3v) is 8.02. The molecular formula is C35H31ClN6O2. The van der Waals surface area contributed by atoms with Gasteiger partial charge in [0, 0.05) is 38.3 Å². The second-order valence-corrected chi connectivity index (χ2v) is 11.1. The average Bonchev–Trinajstić information content (AvgIpc) is 3.61. The van der Waals surface area contributed by atoms with Gasteiger partial charge in [-0.05, 0) is 58.5 Å². The van der Waals surface area contributed by atoms with Crippen molar-refractivity contribution in [2.75, 3.05) is 6.54 Å². The van der Waals surface area contributed by atoms with Gasteiger partial charge in [-0.15, -0.1) is 0 Å². The van der Waals surface area contributed by atoms with Crippen LogP contribution >= 0.6 is 11.6 Å². The minimum atomic E-state index is -0.724. The van der Waals surface area contributed by atoms with Crippen molar-refractivity contribution < 1.29 is 9.59 Å². The normalized spacial score (nSPS) is 13.4. The molecule has 0 fully saturated rings. The number of nitrogens with zero attached hydrogens (tertiary/aromatic N) is 6. The van der Waals surface area contributed by atoms with Crippen LogP contribution in [0.3, 0.4) is 0 Å². The zero-order valence-electron chi connectivity index (χ0n) is 24.0. The van der Waals surface area contributed by atoms with Crippen molar-refractivity contribution in [2.24, 2.45) is 0 Å². The number of pyridine rings is 1. The van der Waals surface area contributed by atoms with E-state index in [0.29, 0.717) is 24.7 Å². The van der Waals surface area contributed by atoms with E-state index in [1.165, 1.54) is 18.0 Å². The standard InChI is InChI=1S/C35H31ClN6O2/c36-33-16-12-27(21-38-33)13-17-34(43)41(22-28-10-14-31(15-11-28)42-25-37-24-39-42)32(20-26-6-2-1-3-7-26)35(44)40-19-18-29-8-4-5-9-30(29)23-40/h1-17,21,24-25,32H,18-20,22-23H2. The van der Waals surface area contributed by atoms with Gasteiger partial charge in [-0.2, -0.15) is 5.10 Å². The Morgan fingerprint density at radius 3 is 2.41 bits per heavy atom. The molecule has 0 spiro atoms. The molecule has 44 heavy (non-hydrogen) atoms. The van der Waals surface area contributed by atoms with E-state index in [-0.39, 0.29) is 18.4 Å². The first-order valence-corrected chi connectivity index (χ1v) is 14.8. The molecule has 1 aliphatic rings. The Morgan fingerprint density at radius 2 is 1.68 bits per heavy atom. The summed E-state index contributed by atoms with van der Waals surface area (Å²) in [6.45, 7) is 1.36. The molecule has 0 saturated carbocycles. The van der Waals surface area contributed by atoms with Crippen LogP contribution < -0.4 is 0 Å². The summed E-state index contributed by atoms with van der Waals surface area (Å²) in [7, 11) is 0. The summed E-state index contributed by atoms with van der Waals surface area (Å²) in [5.41, 5.74) is 5.85. The van der Waals surface area contributed by atoms with Crippen LogP contribution in [0.15, 0.2) is 116 Å². The van der Waals surface area contributed by atoms with Crippen molar-refractivity contribution >= 4 is 29.5 Å². The smallest absolute Gasteiger partial charge is 0.247 e. The van der Waals surface area contributed by atoms with E-state index in [1.807, 2.05) is 71.6 Å². The zero-order chi connectivity index (χ0) is 30.3. The first-order valence-electron chi connectivity index (χ1n) is 14.5. The molecule has 1 unspecified atom stereocenters. The predicted octanol–water partition coefficient (Wildman–Crippen LogP) is 5.55. The summed E-state index contributed by atoms with van der Waals surface area (Å²) in [6.07, 6.45) is 9.09. The van der Waals surface area contributed by atoms with Gasteiger partial charge < -0.3 is 9.80 Å². The third-order valence-electron chi connectivity index (χ3n) is 7.80. The minimum absolute atomic E-state index is 0.0718. The fraction of sp³-hybridized carbons (Fsp3) is 0.171. The van der Waals surface area contributed by atoms with E-state index in [2.05, 4.69) is 27.2 Å². The SMILES string of the molecule is O=C(C(Cc1ccccc1)N(Cc1ccc(-n2cncn2)cc1)C(=O)C=Cc1ccc(Cl)nc1)N1CCc2ccccc2C1. The van der Waals surface area contributed by atoms with Crippen LogP contribution in [0.2, 0.25) is 5.15 Å². The van der Waals surface area contributed by atoms with Crippen molar-refractivity contribution in [3.8, 4) is 5.69 Å². The highest BCUT2D eigenvalue weighted by molar-refractivity contribution is 6.29. The number of aromatic nitrogens is 4. The lowest BCUT2D eigenvalue weighted by Gasteiger charge is -2.37. The molecule has 1 aliphatic heterocycles. The lowest BCUT2D eigenvalue weighted by atomic mass is 9.97. The molecule has 1 atom stereocenters. The van der Waals surface area contributed by atoms with E-state index in [9.17, 15) is 9.59 Å². The van der Waals surface area contributed by atoms with Crippen molar-refractivity contribution in [1.29, 1.82) is 0 Å². The summed E-state index contributed by atoms with van der Waals surface area (Å²) < 4.78 is 1.67. The highest BCUT2D eigenvalue weighted by atomic mass is 35.5. The second-order valence-electron chi connectivity index (χ2n) is 10.7. The molecule has 9 heteroatoms. The maximum absolute atomic E-state index is 14.4. The maximum atomic E-state index is 14.4. The van der Waals surface area contributed by atoms with Gasteiger partial charge in [0.2, 0.25) is 11.8 Å². The van der Waals surface area contributed by atoms with Crippen LogP contribution in [0.1, 0.15) is 27.8 Å². The summed E-state index contributed by atoms with van der Waals surface area (Å²) in [4.78, 5) is 40.2. The summed E-state index contributed by atoms with van der Waals surface area (Å²) in [6, 6.07) is 28.6. The summed E-state index contributed by atoms with van der Waals surface area (Å²) in [5, 5.41) is 4.57. The molecule has 6 rings (SSSR count). The monoisotopic (exact) mass is 602 g/mol. The van der Waals surface area contributed by atoms with Crippen molar-refractivity contribution in [3.05, 3.63) is 149 Å². The van der Waals surface area contributed by atoms with E-state index in [4.69, 9.17) is 11.6 Å². The number of hydrogen-bond acceptors (Lipinski definition) is 5. The van der Waals surface area contributed by atoms with Crippen LogP contribution in [-0.4, -0.2) is 53.9 Å². The molecule has 0 bridgehead atoms. The van der Waals surface area contributed by atoms with Crippen molar-refractivity contribution in [3.63, 3.8) is 0 Å². The molecule has 3 aromatic carbocycles. The van der Waals surface area contributed by atoms with E-state index in [0.717, 1.165) is 34.4 Å². The average molecular weight is 603 g/mol. The minimum Gasteiger partial charge on any atom is -0.336 e. The molecule has 2 amide bonds. The van der Waals surface area contributed by atoms with Crippen LogP contribution in [-0.2, 0) is 35.5 Å². The Labute approximate surface area is 261 Å². The lowest BCUT2D eigenvalue weighted by Crippen LogP contribution is -2.52. The molecule has 3 heterocycles. The highest BCUT2D eigenvalue weighted by Crippen LogP contribution is 2.23. The van der Waals surface area contributed by atoms with Gasteiger partial charge in [-0.3, -0.25) is 9.59 Å². The first-order chi connectivity index (χ1) is 21.5. The Morgan fingerprint density at radius 1 is 0.909 bits per heavy atom. The van der Waals surface area contributed by atoms with E-state index >= 15 is 0 Å². The van der Waals surface area contributed by atoms with Gasteiger partial charge in [-0.25, -0.2) is 14.6 Å². The summed E-state index contributed by atoms with van der Waals surface area (Å²) in [5.74, 6) is -0.343. The van der Waals surface area contributed by atoms with Gasteiger partial charge in [0.05, 0.1) is 5.69 Å². The van der Waals surface area contributed by atoms with Crippen LogP contribution in [0.25, 0.3) is 11.8 Å². The van der Waals surface area contributed by atoms with Gasteiger partial charge in [0.15, 0.2) is 0 Å². The Kier molecular flexibility index (Phi) is 8.89. The third kappa shape index (κ3) is 6.93. The van der Waals surface area contributed by atoms with Gasteiger partial charge in [-0.1, -0.05) is 84.4 Å². The molecule has 220 valence electrons. The van der Waals surface area contributed by atoms with E-state index in [1.54, 1.807) is 40.3 Å². The maximum Gasteiger partial charge on any atom is 0.247 e. The Balaban J connectivity index is 1.34. The fourth-order valence-electron chi connectivity index (χ4n) is 5.45. The summed E-state index contributed by atoms with van der Waals surface area (Å²) >= 11 is 5.96. The van der Waals surface area contributed by atoms with Crippen molar-refractivity contribution in [1.82, 2.24) is 29.5 Å². The number of rotatable bonds is 9. The second kappa shape index (κ2) is 13.5. The highest BCUT2D eigenvalue weighted by Gasteiger charge is 2.34. The molecule has 8 nitrogen and oxygen atoms in total. The number of carbonyl (C=O) groups is 2. The molecule has 0 radical (unpaired) electrons. The molecule has 2 aromatic heterocycles. The first kappa shape index (κ1) is 29.0. The molecule has 0 N–H and O–H groups in total. The van der Waals surface area contributed by atoms with Gasteiger partial charge in [0.25, 0.3) is 0 Å². The van der Waals surface area contributed by atoms with Crippen molar-refractivity contribution in [2.45, 2.75) is 32.0 Å². The van der Waals surface area contributed by atoms with Crippen LogP contribution in [0.5, 0.6) is 0 Å². The van der Waals surface area contributed by atoms with Crippen LogP contribution in [0, 0.1) is 0 Å². The Bertz CT molecular complexity index is 1740.